The van der Waals surface area contributed by atoms with Gasteiger partial charge in [-0.05, 0) is 64.8 Å². The topological polar surface area (TPSA) is 76.7 Å². The monoisotopic (exact) mass is 548 g/mol. The average Bonchev–Trinajstić information content (AvgIpc) is 2.58. The number of carbonyl (C=O) groups excluding carboxylic acids is 2. The number of ether oxygens (including phenoxy) is 2. The van der Waals surface area contributed by atoms with Crippen LogP contribution in [-0.2, 0) is 9.59 Å². The molecule has 0 saturated heterocycles. The van der Waals surface area contributed by atoms with E-state index in [4.69, 9.17) is 9.47 Å². The third-order valence-corrected chi connectivity index (χ3v) is 4.70. The summed E-state index contributed by atoms with van der Waals surface area (Å²) in [5.74, 6) is 0.139. The molecule has 0 aliphatic heterocycles. The molecule has 0 heterocycles. The maximum atomic E-state index is 11.8. The molecule has 0 unspecified atom stereocenters. The van der Waals surface area contributed by atoms with E-state index in [0.717, 1.165) is 14.5 Å². The van der Waals surface area contributed by atoms with Crippen LogP contribution in [-0.4, -0.2) is 25.0 Å². The Morgan fingerprint density at radius 3 is 1.88 bits per heavy atom. The van der Waals surface area contributed by atoms with Gasteiger partial charge in [0, 0.05) is 8.95 Å². The Balaban J connectivity index is 1.72. The summed E-state index contributed by atoms with van der Waals surface area (Å²) in [5, 5.41) is 0. The SMILES string of the molecule is Cc1cc(Br)ccc1OCC(=O)NNC(=O)COc1ccc(Br)cc1Br. The number of benzene rings is 2. The van der Waals surface area contributed by atoms with Gasteiger partial charge in [0.05, 0.1) is 4.47 Å². The molecule has 2 N–H and O–H groups in total. The van der Waals surface area contributed by atoms with Crippen LogP contribution < -0.4 is 20.3 Å². The van der Waals surface area contributed by atoms with Gasteiger partial charge in [-0.15, -0.1) is 0 Å². The van der Waals surface area contributed by atoms with E-state index < -0.39 is 11.8 Å². The molecule has 0 radical (unpaired) electrons. The van der Waals surface area contributed by atoms with Gasteiger partial charge in [0.25, 0.3) is 11.8 Å². The van der Waals surface area contributed by atoms with Crippen LogP contribution in [0.5, 0.6) is 11.5 Å². The van der Waals surface area contributed by atoms with Crippen LogP contribution in [0.25, 0.3) is 0 Å². The fourth-order valence-electron chi connectivity index (χ4n) is 1.87. The van der Waals surface area contributed by atoms with Crippen molar-refractivity contribution in [2.75, 3.05) is 13.2 Å². The summed E-state index contributed by atoms with van der Waals surface area (Å²) in [7, 11) is 0. The summed E-state index contributed by atoms with van der Waals surface area (Å²) in [4.78, 5) is 23.5. The highest BCUT2D eigenvalue weighted by Gasteiger charge is 2.09. The molecule has 0 aliphatic carbocycles. The number of amides is 2. The molecule has 0 bridgehead atoms. The fourth-order valence-corrected chi connectivity index (χ4v) is 3.50. The van der Waals surface area contributed by atoms with Gasteiger partial charge < -0.3 is 9.47 Å². The lowest BCUT2D eigenvalue weighted by Crippen LogP contribution is -2.45. The van der Waals surface area contributed by atoms with Crippen molar-refractivity contribution >= 4 is 59.6 Å². The molecule has 2 rings (SSSR count). The van der Waals surface area contributed by atoms with Gasteiger partial charge in [-0.25, -0.2) is 0 Å². The van der Waals surface area contributed by atoms with Crippen molar-refractivity contribution in [1.29, 1.82) is 0 Å². The molecule has 0 aliphatic rings. The first-order chi connectivity index (χ1) is 12.3. The molecular weight excluding hydrogens is 536 g/mol. The molecular formula is C17H15Br3N2O4. The Kier molecular flexibility index (Phi) is 7.92. The standard InChI is InChI=1S/C17H15Br3N2O4/c1-10-6-11(18)2-4-14(10)25-8-16(23)21-22-17(24)9-26-15-5-3-12(19)7-13(15)20/h2-7H,8-9H2,1H3,(H,21,23)(H,22,24). The number of hydrazine groups is 1. The quantitative estimate of drug-likeness (QED) is 0.535. The van der Waals surface area contributed by atoms with Crippen molar-refractivity contribution in [3.8, 4) is 11.5 Å². The second-order valence-corrected chi connectivity index (χ2v) is 7.84. The van der Waals surface area contributed by atoms with Gasteiger partial charge in [-0.3, -0.25) is 20.4 Å². The molecule has 6 nitrogen and oxygen atoms in total. The normalized spacial score (nSPS) is 10.2. The van der Waals surface area contributed by atoms with E-state index in [1.165, 1.54) is 0 Å². The van der Waals surface area contributed by atoms with Crippen LogP contribution in [0.4, 0.5) is 0 Å². The zero-order valence-corrected chi connectivity index (χ0v) is 18.4. The Hall–Kier alpha value is -1.58. The van der Waals surface area contributed by atoms with Gasteiger partial charge in [-0.1, -0.05) is 31.9 Å². The predicted octanol–water partition coefficient (Wildman–Crippen LogP) is 3.89. The van der Waals surface area contributed by atoms with E-state index in [9.17, 15) is 9.59 Å². The van der Waals surface area contributed by atoms with E-state index in [-0.39, 0.29) is 13.2 Å². The first-order valence-corrected chi connectivity index (χ1v) is 9.77. The van der Waals surface area contributed by atoms with Crippen molar-refractivity contribution in [3.05, 3.63) is 55.4 Å². The summed E-state index contributed by atoms with van der Waals surface area (Å²) in [6.45, 7) is 1.41. The summed E-state index contributed by atoms with van der Waals surface area (Å²) in [6.07, 6.45) is 0. The summed E-state index contributed by atoms with van der Waals surface area (Å²) in [6, 6.07) is 10.8. The van der Waals surface area contributed by atoms with Gasteiger partial charge in [0.15, 0.2) is 13.2 Å². The second kappa shape index (κ2) is 9.94. The van der Waals surface area contributed by atoms with E-state index in [1.54, 1.807) is 24.3 Å². The lowest BCUT2D eigenvalue weighted by atomic mass is 10.2. The number of nitrogens with one attached hydrogen (secondary N) is 2. The lowest BCUT2D eigenvalue weighted by molar-refractivity contribution is -0.131. The number of hydrogen-bond donors (Lipinski definition) is 2. The molecule has 0 fully saturated rings. The van der Waals surface area contributed by atoms with Crippen molar-refractivity contribution in [1.82, 2.24) is 10.9 Å². The number of hydrogen-bond acceptors (Lipinski definition) is 4. The Labute approximate surface area is 176 Å². The van der Waals surface area contributed by atoms with Gasteiger partial charge >= 0.3 is 0 Å². The van der Waals surface area contributed by atoms with Gasteiger partial charge in [0.1, 0.15) is 11.5 Å². The van der Waals surface area contributed by atoms with Crippen LogP contribution >= 0.6 is 47.8 Å². The predicted molar refractivity (Wildman–Crippen MR) is 108 cm³/mol. The number of rotatable bonds is 6. The average molecular weight is 551 g/mol. The van der Waals surface area contributed by atoms with Crippen LogP contribution in [0.3, 0.4) is 0 Å². The third kappa shape index (κ3) is 6.62. The maximum Gasteiger partial charge on any atom is 0.276 e. The highest BCUT2D eigenvalue weighted by Crippen LogP contribution is 2.28. The highest BCUT2D eigenvalue weighted by molar-refractivity contribution is 9.11. The number of halogens is 3. The van der Waals surface area contributed by atoms with E-state index in [0.29, 0.717) is 16.0 Å². The molecule has 2 amide bonds. The summed E-state index contributed by atoms with van der Waals surface area (Å²) >= 11 is 10.0. The molecule has 0 saturated carbocycles. The fraction of sp³-hybridized carbons (Fsp3) is 0.176. The zero-order chi connectivity index (χ0) is 19.1. The molecule has 138 valence electrons. The van der Waals surface area contributed by atoms with E-state index in [1.807, 2.05) is 19.1 Å². The smallest absolute Gasteiger partial charge is 0.276 e. The lowest BCUT2D eigenvalue weighted by Gasteiger charge is -2.11. The Morgan fingerprint density at radius 1 is 0.846 bits per heavy atom. The van der Waals surface area contributed by atoms with Crippen LogP contribution in [0.2, 0.25) is 0 Å². The first kappa shape index (κ1) is 20.7. The minimum atomic E-state index is -0.493. The minimum absolute atomic E-state index is 0.220. The van der Waals surface area contributed by atoms with Crippen LogP contribution in [0.1, 0.15) is 5.56 Å². The largest absolute Gasteiger partial charge is 0.483 e. The first-order valence-electron chi connectivity index (χ1n) is 7.39. The van der Waals surface area contributed by atoms with Crippen LogP contribution in [0, 0.1) is 6.92 Å². The molecule has 0 atom stereocenters. The molecule has 0 aromatic heterocycles. The molecule has 26 heavy (non-hydrogen) atoms. The maximum absolute atomic E-state index is 11.8. The molecule has 2 aromatic rings. The Morgan fingerprint density at radius 2 is 1.35 bits per heavy atom. The van der Waals surface area contributed by atoms with Gasteiger partial charge in [-0.2, -0.15) is 0 Å². The minimum Gasteiger partial charge on any atom is -0.483 e. The molecule has 0 spiro atoms. The zero-order valence-electron chi connectivity index (χ0n) is 13.6. The van der Waals surface area contributed by atoms with Crippen molar-refractivity contribution < 1.29 is 19.1 Å². The molecule has 2 aromatic carbocycles. The highest BCUT2D eigenvalue weighted by atomic mass is 79.9. The molecule has 9 heteroatoms. The third-order valence-electron chi connectivity index (χ3n) is 3.09. The van der Waals surface area contributed by atoms with Crippen molar-refractivity contribution in [2.24, 2.45) is 0 Å². The van der Waals surface area contributed by atoms with E-state index in [2.05, 4.69) is 58.6 Å². The van der Waals surface area contributed by atoms with E-state index >= 15 is 0 Å². The van der Waals surface area contributed by atoms with Crippen molar-refractivity contribution in [3.63, 3.8) is 0 Å². The second-order valence-electron chi connectivity index (χ2n) is 5.16. The number of aryl methyl sites for hydroxylation is 1. The van der Waals surface area contributed by atoms with Crippen LogP contribution in [0.15, 0.2) is 49.8 Å². The summed E-state index contributed by atoms with van der Waals surface area (Å²) in [5.41, 5.74) is 5.43. The number of carbonyl (C=O) groups is 2. The summed E-state index contributed by atoms with van der Waals surface area (Å²) < 4.78 is 13.3. The Bertz CT molecular complexity index is 747. The van der Waals surface area contributed by atoms with Crippen molar-refractivity contribution in [2.45, 2.75) is 6.92 Å². The van der Waals surface area contributed by atoms with Gasteiger partial charge in [0.2, 0.25) is 0 Å².